The Morgan fingerprint density at radius 1 is 1.14 bits per heavy atom. The van der Waals surface area contributed by atoms with Crippen molar-refractivity contribution in [2.45, 2.75) is 32.1 Å². The number of aliphatic hydroxyl groups excluding tert-OH is 1. The number of imidazole rings is 1. The Kier molecular flexibility index (Phi) is 5.69. The van der Waals surface area contributed by atoms with Gasteiger partial charge in [-0.25, -0.2) is 4.98 Å². The summed E-state index contributed by atoms with van der Waals surface area (Å²) < 4.78 is 7.90. The van der Waals surface area contributed by atoms with Crippen LogP contribution in [0.2, 0.25) is 0 Å². The average molecular weight is 379 g/mol. The highest BCUT2D eigenvalue weighted by Crippen LogP contribution is 2.20. The molecule has 1 aliphatic rings. The van der Waals surface area contributed by atoms with Crippen LogP contribution >= 0.6 is 0 Å². The number of benzene rings is 2. The van der Waals surface area contributed by atoms with Gasteiger partial charge in [-0.3, -0.25) is 4.79 Å². The monoisotopic (exact) mass is 379 g/mol. The summed E-state index contributed by atoms with van der Waals surface area (Å²) in [6, 6.07) is 15.8. The quantitative estimate of drug-likeness (QED) is 0.715. The van der Waals surface area contributed by atoms with Gasteiger partial charge in [-0.1, -0.05) is 30.3 Å². The molecule has 28 heavy (non-hydrogen) atoms. The molecule has 0 spiro atoms. The van der Waals surface area contributed by atoms with Crippen LogP contribution in [-0.2, 0) is 17.9 Å². The number of carbonyl (C=O) groups excluding carboxylic acids is 1. The number of fused-ring (bicyclic) bond motifs is 1. The Bertz CT molecular complexity index is 931. The summed E-state index contributed by atoms with van der Waals surface area (Å²) in [5.74, 6) is 0.0418. The van der Waals surface area contributed by atoms with Crippen LogP contribution in [0.15, 0.2) is 54.9 Å². The maximum absolute atomic E-state index is 12.9. The number of nitrogens with zero attached hydrogens (tertiary/aromatic N) is 3. The Morgan fingerprint density at radius 3 is 2.68 bits per heavy atom. The molecule has 1 aliphatic heterocycles. The van der Waals surface area contributed by atoms with Gasteiger partial charge in [0.1, 0.15) is 0 Å². The summed E-state index contributed by atoms with van der Waals surface area (Å²) in [6.07, 6.45) is 3.60. The van der Waals surface area contributed by atoms with Gasteiger partial charge in [0, 0.05) is 25.2 Å². The number of likely N-dealkylation sites (tertiary alicyclic amines) is 1. The van der Waals surface area contributed by atoms with Gasteiger partial charge >= 0.3 is 0 Å². The van der Waals surface area contributed by atoms with Crippen molar-refractivity contribution in [3.8, 4) is 0 Å². The van der Waals surface area contributed by atoms with Crippen molar-refractivity contribution in [3.05, 3.63) is 66.0 Å². The smallest absolute Gasteiger partial charge is 0.253 e. The van der Waals surface area contributed by atoms with Crippen LogP contribution in [0.25, 0.3) is 11.0 Å². The van der Waals surface area contributed by atoms with Gasteiger partial charge in [0.15, 0.2) is 0 Å². The largest absolute Gasteiger partial charge is 0.395 e. The van der Waals surface area contributed by atoms with Crippen LogP contribution in [0.4, 0.5) is 0 Å². The summed E-state index contributed by atoms with van der Waals surface area (Å²) in [7, 11) is 0. The third kappa shape index (κ3) is 4.08. The van der Waals surface area contributed by atoms with E-state index in [1.165, 1.54) is 5.56 Å². The first kappa shape index (κ1) is 18.7. The molecule has 0 unspecified atom stereocenters. The lowest BCUT2D eigenvalue weighted by Crippen LogP contribution is -2.40. The molecule has 3 aromatic rings. The fraction of sp³-hybridized carbons (Fsp3) is 0.364. The van der Waals surface area contributed by atoms with Crippen LogP contribution in [0, 0.1) is 0 Å². The number of aliphatic hydroxyl groups is 1. The van der Waals surface area contributed by atoms with Gasteiger partial charge in [0.25, 0.3) is 5.91 Å². The molecule has 0 atom stereocenters. The zero-order chi connectivity index (χ0) is 19.3. The first-order valence-electron chi connectivity index (χ1n) is 9.75. The number of aromatic nitrogens is 2. The van der Waals surface area contributed by atoms with Gasteiger partial charge in [0.2, 0.25) is 0 Å². The number of piperidine rings is 1. The van der Waals surface area contributed by atoms with Crippen LogP contribution < -0.4 is 0 Å². The third-order valence-corrected chi connectivity index (χ3v) is 5.27. The van der Waals surface area contributed by atoms with Crippen molar-refractivity contribution in [1.29, 1.82) is 0 Å². The Balaban J connectivity index is 1.34. The van der Waals surface area contributed by atoms with E-state index in [-0.39, 0.29) is 18.6 Å². The van der Waals surface area contributed by atoms with Crippen LogP contribution in [0.3, 0.4) is 0 Å². The zero-order valence-electron chi connectivity index (χ0n) is 15.8. The van der Waals surface area contributed by atoms with Gasteiger partial charge in [-0.2, -0.15) is 0 Å². The molecule has 6 nitrogen and oxygen atoms in total. The number of amides is 1. The second-order valence-electron chi connectivity index (χ2n) is 7.15. The summed E-state index contributed by atoms with van der Waals surface area (Å²) >= 11 is 0. The fourth-order valence-corrected chi connectivity index (χ4v) is 3.68. The summed E-state index contributed by atoms with van der Waals surface area (Å²) in [4.78, 5) is 19.1. The molecule has 0 aliphatic carbocycles. The van der Waals surface area contributed by atoms with Gasteiger partial charge in [-0.05, 0) is 36.6 Å². The van der Waals surface area contributed by atoms with Gasteiger partial charge < -0.3 is 19.3 Å². The summed E-state index contributed by atoms with van der Waals surface area (Å²) in [5, 5.41) is 9.12. The van der Waals surface area contributed by atoms with Crippen LogP contribution in [0.1, 0.15) is 28.8 Å². The SMILES string of the molecule is O=C(c1ccc2c(c1)ncn2CCO)N1CCC(OCc2ccccc2)CC1. The lowest BCUT2D eigenvalue weighted by Gasteiger charge is -2.32. The first-order chi connectivity index (χ1) is 13.7. The lowest BCUT2D eigenvalue weighted by atomic mass is 10.1. The van der Waals surface area contributed by atoms with E-state index in [0.717, 1.165) is 23.9 Å². The predicted molar refractivity (Wildman–Crippen MR) is 107 cm³/mol. The van der Waals surface area contributed by atoms with Crippen LogP contribution in [-0.4, -0.2) is 51.3 Å². The van der Waals surface area contributed by atoms with Crippen molar-refractivity contribution in [3.63, 3.8) is 0 Å². The second-order valence-corrected chi connectivity index (χ2v) is 7.15. The highest BCUT2D eigenvalue weighted by atomic mass is 16.5. The van der Waals surface area contributed by atoms with Crippen molar-refractivity contribution >= 4 is 16.9 Å². The molecule has 146 valence electrons. The average Bonchev–Trinajstić information content (AvgIpc) is 3.15. The van der Waals surface area contributed by atoms with E-state index in [2.05, 4.69) is 17.1 Å². The third-order valence-electron chi connectivity index (χ3n) is 5.27. The molecular formula is C22H25N3O3. The molecule has 2 heterocycles. The minimum Gasteiger partial charge on any atom is -0.395 e. The molecule has 1 aromatic heterocycles. The minimum absolute atomic E-state index is 0.0418. The zero-order valence-corrected chi connectivity index (χ0v) is 15.8. The van der Waals surface area contributed by atoms with E-state index < -0.39 is 0 Å². The van der Waals surface area contributed by atoms with Crippen molar-refractivity contribution in [2.24, 2.45) is 0 Å². The van der Waals surface area contributed by atoms with E-state index in [1.54, 1.807) is 6.33 Å². The molecule has 6 heteroatoms. The number of rotatable bonds is 6. The van der Waals surface area contributed by atoms with Crippen molar-refractivity contribution in [2.75, 3.05) is 19.7 Å². The molecule has 0 bridgehead atoms. The molecule has 1 amide bonds. The molecule has 1 N–H and O–H groups in total. The highest BCUT2D eigenvalue weighted by molar-refractivity contribution is 5.97. The molecule has 1 saturated heterocycles. The summed E-state index contributed by atoms with van der Waals surface area (Å²) in [5.41, 5.74) is 3.54. The fourth-order valence-electron chi connectivity index (χ4n) is 3.68. The Morgan fingerprint density at radius 2 is 1.93 bits per heavy atom. The van der Waals surface area contributed by atoms with E-state index in [1.807, 2.05) is 45.9 Å². The molecular weight excluding hydrogens is 354 g/mol. The van der Waals surface area contributed by atoms with E-state index in [9.17, 15) is 4.79 Å². The van der Waals surface area contributed by atoms with Crippen molar-refractivity contribution < 1.29 is 14.6 Å². The summed E-state index contributed by atoms with van der Waals surface area (Å²) in [6.45, 7) is 2.59. The Labute approximate surface area is 164 Å². The maximum atomic E-state index is 12.9. The molecule has 0 radical (unpaired) electrons. The second kappa shape index (κ2) is 8.54. The van der Waals surface area contributed by atoms with E-state index in [0.29, 0.717) is 31.8 Å². The van der Waals surface area contributed by atoms with Gasteiger partial charge in [0.05, 0.1) is 36.7 Å². The normalized spacial score (nSPS) is 15.2. The minimum atomic E-state index is 0.0418. The van der Waals surface area contributed by atoms with E-state index >= 15 is 0 Å². The maximum Gasteiger partial charge on any atom is 0.253 e. The van der Waals surface area contributed by atoms with Crippen LogP contribution in [0.5, 0.6) is 0 Å². The topological polar surface area (TPSA) is 67.6 Å². The Hall–Kier alpha value is -2.70. The molecule has 1 fully saturated rings. The molecule has 2 aromatic carbocycles. The predicted octanol–water partition coefficient (Wildman–Crippen LogP) is 2.85. The number of hydrogen-bond acceptors (Lipinski definition) is 4. The molecule has 0 saturated carbocycles. The van der Waals surface area contributed by atoms with Crippen molar-refractivity contribution in [1.82, 2.24) is 14.5 Å². The molecule has 4 rings (SSSR count). The standard InChI is InChI=1S/C22H25N3O3/c26-13-12-25-16-23-20-14-18(6-7-21(20)25)22(27)24-10-8-19(9-11-24)28-15-17-4-2-1-3-5-17/h1-7,14,16,19,26H,8-13,15H2. The van der Waals surface area contributed by atoms with E-state index in [4.69, 9.17) is 9.84 Å². The highest BCUT2D eigenvalue weighted by Gasteiger charge is 2.24. The number of ether oxygens (including phenoxy) is 1. The lowest BCUT2D eigenvalue weighted by molar-refractivity contribution is -0.000377. The van der Waals surface area contributed by atoms with Gasteiger partial charge in [-0.15, -0.1) is 0 Å². The number of carbonyl (C=O) groups is 1. The number of hydrogen-bond donors (Lipinski definition) is 1. The first-order valence-corrected chi connectivity index (χ1v) is 9.75.